The molecule has 1 heterocycles. The number of nitrogens with zero attached hydrogens (tertiary/aromatic N) is 2. The SMILES string of the molecule is C=CCN(Cc1ccc(C#N)cc1)C(=O)Cc1coc2ccc3ccccc3c12. The molecule has 0 aliphatic carbocycles. The molecule has 4 aromatic rings. The molecule has 0 radical (unpaired) electrons. The summed E-state index contributed by atoms with van der Waals surface area (Å²) >= 11 is 0. The average Bonchev–Trinajstić information content (AvgIpc) is 3.17. The molecular weight excluding hydrogens is 360 g/mol. The van der Waals surface area contributed by atoms with Crippen molar-refractivity contribution in [3.8, 4) is 6.07 Å². The Morgan fingerprint density at radius 1 is 1.10 bits per heavy atom. The lowest BCUT2D eigenvalue weighted by Gasteiger charge is -2.21. The van der Waals surface area contributed by atoms with Crippen LogP contribution in [0.1, 0.15) is 16.7 Å². The molecule has 0 unspecified atom stereocenters. The summed E-state index contributed by atoms with van der Waals surface area (Å²) < 4.78 is 5.72. The maximum absolute atomic E-state index is 13.1. The van der Waals surface area contributed by atoms with E-state index < -0.39 is 0 Å². The van der Waals surface area contributed by atoms with Gasteiger partial charge in [-0.1, -0.05) is 48.5 Å². The van der Waals surface area contributed by atoms with Gasteiger partial charge in [0.2, 0.25) is 5.91 Å². The van der Waals surface area contributed by atoms with Crippen LogP contribution >= 0.6 is 0 Å². The van der Waals surface area contributed by atoms with Gasteiger partial charge in [-0.2, -0.15) is 5.26 Å². The number of carbonyl (C=O) groups is 1. The smallest absolute Gasteiger partial charge is 0.227 e. The third-order valence-corrected chi connectivity index (χ3v) is 5.04. The molecule has 29 heavy (non-hydrogen) atoms. The summed E-state index contributed by atoms with van der Waals surface area (Å²) in [5.74, 6) is 0.00453. The minimum atomic E-state index is 0.00453. The summed E-state index contributed by atoms with van der Waals surface area (Å²) in [6, 6.07) is 21.5. The van der Waals surface area contributed by atoms with Crippen molar-refractivity contribution in [2.45, 2.75) is 13.0 Å². The number of rotatable bonds is 6. The second-order valence-corrected chi connectivity index (χ2v) is 6.97. The number of carbonyl (C=O) groups excluding carboxylic acids is 1. The largest absolute Gasteiger partial charge is 0.464 e. The van der Waals surface area contributed by atoms with Crippen LogP contribution in [-0.4, -0.2) is 17.4 Å². The quantitative estimate of drug-likeness (QED) is 0.431. The van der Waals surface area contributed by atoms with Crippen LogP contribution in [0.25, 0.3) is 21.7 Å². The van der Waals surface area contributed by atoms with Crippen LogP contribution in [0.2, 0.25) is 0 Å². The second kappa shape index (κ2) is 8.04. The Morgan fingerprint density at radius 2 is 1.90 bits per heavy atom. The van der Waals surface area contributed by atoms with Crippen molar-refractivity contribution in [2.24, 2.45) is 0 Å². The highest BCUT2D eigenvalue weighted by atomic mass is 16.3. The molecule has 4 rings (SSSR count). The van der Waals surface area contributed by atoms with Crippen LogP contribution in [0.15, 0.2) is 84.0 Å². The van der Waals surface area contributed by atoms with Gasteiger partial charge in [0.1, 0.15) is 5.58 Å². The van der Waals surface area contributed by atoms with Crippen molar-refractivity contribution in [3.05, 3.63) is 96.3 Å². The number of nitriles is 1. The summed E-state index contributed by atoms with van der Waals surface area (Å²) in [6.45, 7) is 4.70. The minimum absolute atomic E-state index is 0.00453. The first-order valence-corrected chi connectivity index (χ1v) is 9.45. The fourth-order valence-corrected chi connectivity index (χ4v) is 3.59. The Bertz CT molecular complexity index is 1230. The Balaban J connectivity index is 1.61. The summed E-state index contributed by atoms with van der Waals surface area (Å²) in [5, 5.41) is 12.2. The molecule has 142 valence electrons. The molecule has 0 aliphatic rings. The second-order valence-electron chi connectivity index (χ2n) is 6.97. The first-order valence-electron chi connectivity index (χ1n) is 9.45. The molecule has 1 aromatic heterocycles. The van der Waals surface area contributed by atoms with E-state index in [4.69, 9.17) is 9.68 Å². The van der Waals surface area contributed by atoms with Gasteiger partial charge in [-0.3, -0.25) is 4.79 Å². The van der Waals surface area contributed by atoms with Crippen molar-refractivity contribution >= 4 is 27.6 Å². The zero-order valence-corrected chi connectivity index (χ0v) is 16.0. The molecule has 0 spiro atoms. The molecule has 0 aliphatic heterocycles. The molecule has 0 saturated heterocycles. The molecule has 0 bridgehead atoms. The van der Waals surface area contributed by atoms with Gasteiger partial charge in [-0.05, 0) is 34.5 Å². The lowest BCUT2D eigenvalue weighted by atomic mass is 10.0. The van der Waals surface area contributed by atoms with Crippen molar-refractivity contribution < 1.29 is 9.21 Å². The van der Waals surface area contributed by atoms with E-state index in [2.05, 4.69) is 24.8 Å². The average molecular weight is 380 g/mol. The molecule has 1 amide bonds. The Kier molecular flexibility index (Phi) is 5.13. The fraction of sp³-hybridized carbons (Fsp3) is 0.120. The Labute approximate surface area is 169 Å². The highest BCUT2D eigenvalue weighted by Gasteiger charge is 2.18. The predicted molar refractivity (Wildman–Crippen MR) is 114 cm³/mol. The molecule has 0 atom stereocenters. The van der Waals surface area contributed by atoms with Gasteiger partial charge >= 0.3 is 0 Å². The number of furan rings is 1. The zero-order valence-electron chi connectivity index (χ0n) is 16.0. The van der Waals surface area contributed by atoms with Crippen molar-refractivity contribution in [3.63, 3.8) is 0 Å². The first-order chi connectivity index (χ1) is 14.2. The fourth-order valence-electron chi connectivity index (χ4n) is 3.59. The highest BCUT2D eigenvalue weighted by molar-refractivity contribution is 6.08. The molecule has 3 aromatic carbocycles. The van der Waals surface area contributed by atoms with Crippen LogP contribution in [0.5, 0.6) is 0 Å². The standard InChI is InChI=1S/C25H20N2O2/c1-2-13-27(16-19-9-7-18(15-26)8-10-19)24(28)14-21-17-29-23-12-11-20-5-3-4-6-22(20)25(21)23/h2-12,17H,1,13-14,16H2. The highest BCUT2D eigenvalue weighted by Crippen LogP contribution is 2.30. The van der Waals surface area contributed by atoms with E-state index in [1.165, 1.54) is 0 Å². The van der Waals surface area contributed by atoms with Crippen LogP contribution in [0.4, 0.5) is 0 Å². The molecular formula is C25H20N2O2. The van der Waals surface area contributed by atoms with E-state index in [9.17, 15) is 4.79 Å². The summed E-state index contributed by atoms with van der Waals surface area (Å²) in [5.41, 5.74) is 3.25. The Hall–Kier alpha value is -3.84. The van der Waals surface area contributed by atoms with E-state index in [1.807, 2.05) is 36.4 Å². The van der Waals surface area contributed by atoms with E-state index in [0.717, 1.165) is 32.9 Å². The third-order valence-electron chi connectivity index (χ3n) is 5.04. The van der Waals surface area contributed by atoms with Crippen molar-refractivity contribution in [2.75, 3.05) is 6.54 Å². The molecule has 4 heteroatoms. The van der Waals surface area contributed by atoms with Gasteiger partial charge in [0.25, 0.3) is 0 Å². The number of hydrogen-bond acceptors (Lipinski definition) is 3. The molecule has 4 nitrogen and oxygen atoms in total. The first kappa shape index (κ1) is 18.5. The predicted octanol–water partition coefficient (Wildman–Crippen LogP) is 5.21. The van der Waals surface area contributed by atoms with Crippen molar-refractivity contribution in [1.29, 1.82) is 5.26 Å². The Morgan fingerprint density at radius 3 is 2.66 bits per heavy atom. The number of benzene rings is 3. The van der Waals surface area contributed by atoms with Gasteiger partial charge in [0, 0.05) is 24.0 Å². The summed E-state index contributed by atoms with van der Waals surface area (Å²) in [6.07, 6.45) is 3.67. The van der Waals surface area contributed by atoms with Gasteiger partial charge in [0.15, 0.2) is 0 Å². The molecule has 0 saturated carbocycles. The maximum Gasteiger partial charge on any atom is 0.227 e. The van der Waals surface area contributed by atoms with Gasteiger partial charge < -0.3 is 9.32 Å². The van der Waals surface area contributed by atoms with Crippen molar-refractivity contribution in [1.82, 2.24) is 4.90 Å². The van der Waals surface area contributed by atoms with Gasteiger partial charge in [0.05, 0.1) is 24.3 Å². The molecule has 0 fully saturated rings. The summed E-state index contributed by atoms with van der Waals surface area (Å²) in [4.78, 5) is 14.9. The number of hydrogen-bond donors (Lipinski definition) is 0. The topological polar surface area (TPSA) is 57.2 Å². The number of amides is 1. The van der Waals surface area contributed by atoms with Gasteiger partial charge in [-0.15, -0.1) is 6.58 Å². The van der Waals surface area contributed by atoms with Gasteiger partial charge in [-0.25, -0.2) is 0 Å². The summed E-state index contributed by atoms with van der Waals surface area (Å²) in [7, 11) is 0. The number of fused-ring (bicyclic) bond motifs is 3. The third kappa shape index (κ3) is 3.76. The van der Waals surface area contributed by atoms with Crippen LogP contribution in [-0.2, 0) is 17.8 Å². The molecule has 0 N–H and O–H groups in total. The van der Waals surface area contributed by atoms with E-state index in [0.29, 0.717) is 18.7 Å². The van der Waals surface area contributed by atoms with Crippen LogP contribution in [0, 0.1) is 11.3 Å². The zero-order chi connectivity index (χ0) is 20.2. The van der Waals surface area contributed by atoms with E-state index >= 15 is 0 Å². The van der Waals surface area contributed by atoms with Crippen LogP contribution < -0.4 is 0 Å². The minimum Gasteiger partial charge on any atom is -0.464 e. The van der Waals surface area contributed by atoms with E-state index in [-0.39, 0.29) is 12.3 Å². The van der Waals surface area contributed by atoms with Crippen LogP contribution in [0.3, 0.4) is 0 Å². The lowest BCUT2D eigenvalue weighted by Crippen LogP contribution is -2.32. The normalized spacial score (nSPS) is 10.7. The lowest BCUT2D eigenvalue weighted by molar-refractivity contribution is -0.130. The maximum atomic E-state index is 13.1. The van der Waals surface area contributed by atoms with E-state index in [1.54, 1.807) is 29.4 Å². The monoisotopic (exact) mass is 380 g/mol.